The summed E-state index contributed by atoms with van der Waals surface area (Å²) in [6, 6.07) is 12.3. The SMILES string of the molecule is COc1ccc(O)cc1.OP(O)O.Oc1ccc(O)cc1. The highest BCUT2D eigenvalue weighted by Crippen LogP contribution is 2.14. The second-order valence-electron chi connectivity index (χ2n) is 3.48. The molecule has 0 saturated carbocycles. The summed E-state index contributed by atoms with van der Waals surface area (Å²) >= 11 is 0. The first-order valence-corrected chi connectivity index (χ1v) is 6.73. The first-order chi connectivity index (χ1) is 9.85. The van der Waals surface area contributed by atoms with Gasteiger partial charge in [0.2, 0.25) is 0 Å². The summed E-state index contributed by atoms with van der Waals surface area (Å²) in [5, 5.41) is 26.1. The van der Waals surface area contributed by atoms with E-state index in [0.717, 1.165) is 5.75 Å². The van der Waals surface area contributed by atoms with Gasteiger partial charge in [-0.05, 0) is 48.5 Å². The number of rotatable bonds is 1. The van der Waals surface area contributed by atoms with Crippen molar-refractivity contribution in [2.75, 3.05) is 7.11 Å². The molecule has 0 radical (unpaired) electrons. The molecular weight excluding hydrogens is 299 g/mol. The van der Waals surface area contributed by atoms with Crippen LogP contribution in [0.4, 0.5) is 0 Å². The van der Waals surface area contributed by atoms with Crippen molar-refractivity contribution < 1.29 is 34.7 Å². The van der Waals surface area contributed by atoms with Crippen LogP contribution in [0.3, 0.4) is 0 Å². The van der Waals surface area contributed by atoms with E-state index >= 15 is 0 Å². The molecule has 0 unspecified atom stereocenters. The summed E-state index contributed by atoms with van der Waals surface area (Å²) in [6.45, 7) is 0. The zero-order chi connectivity index (χ0) is 16.3. The van der Waals surface area contributed by atoms with Crippen molar-refractivity contribution in [1.82, 2.24) is 0 Å². The van der Waals surface area contributed by atoms with E-state index in [-0.39, 0.29) is 17.2 Å². The highest BCUT2D eigenvalue weighted by atomic mass is 31.2. The molecule has 0 fully saturated rings. The molecule has 0 aliphatic heterocycles. The Morgan fingerprint density at radius 2 is 0.905 bits per heavy atom. The number of aromatic hydroxyl groups is 3. The summed E-state index contributed by atoms with van der Waals surface area (Å²) in [5.41, 5.74) is 0. The van der Waals surface area contributed by atoms with Gasteiger partial charge in [-0.1, -0.05) is 0 Å². The molecule has 0 aliphatic rings. The fourth-order valence-corrected chi connectivity index (χ4v) is 1.03. The fourth-order valence-electron chi connectivity index (χ4n) is 1.03. The van der Waals surface area contributed by atoms with Crippen molar-refractivity contribution >= 4 is 8.60 Å². The number of phenols is 3. The lowest BCUT2D eigenvalue weighted by Crippen LogP contribution is -1.79. The molecular formula is C13H17O7P. The predicted octanol–water partition coefficient (Wildman–Crippen LogP) is 1.69. The van der Waals surface area contributed by atoms with Gasteiger partial charge in [0.25, 0.3) is 0 Å². The first kappa shape index (κ1) is 18.9. The van der Waals surface area contributed by atoms with Crippen LogP contribution in [0, 0.1) is 0 Å². The quantitative estimate of drug-likeness (QED) is 0.348. The molecule has 6 N–H and O–H groups in total. The lowest BCUT2D eigenvalue weighted by Gasteiger charge is -1.96. The fraction of sp³-hybridized carbons (Fsp3) is 0.0769. The van der Waals surface area contributed by atoms with Gasteiger partial charge in [0.15, 0.2) is 0 Å². The average Bonchev–Trinajstić information content (AvgIpc) is 2.43. The molecule has 7 nitrogen and oxygen atoms in total. The van der Waals surface area contributed by atoms with Gasteiger partial charge < -0.3 is 34.7 Å². The van der Waals surface area contributed by atoms with Crippen LogP contribution in [0.15, 0.2) is 48.5 Å². The van der Waals surface area contributed by atoms with E-state index in [9.17, 15) is 0 Å². The minimum absolute atomic E-state index is 0.169. The Bertz CT molecular complexity index is 461. The van der Waals surface area contributed by atoms with Crippen LogP contribution in [-0.2, 0) is 0 Å². The molecule has 0 saturated heterocycles. The van der Waals surface area contributed by atoms with Crippen molar-refractivity contribution in [2.45, 2.75) is 0 Å². The normalized spacial score (nSPS) is 9.00. The predicted molar refractivity (Wildman–Crippen MR) is 78.0 cm³/mol. The number of phenolic OH excluding ortho intramolecular Hbond substituents is 3. The maximum Gasteiger partial charge on any atom is 0.324 e. The maximum atomic E-state index is 8.80. The Morgan fingerprint density at radius 1 is 0.667 bits per heavy atom. The van der Waals surface area contributed by atoms with Gasteiger partial charge in [0.1, 0.15) is 23.0 Å². The molecule has 0 heterocycles. The topological polar surface area (TPSA) is 131 Å². The molecule has 0 aromatic heterocycles. The number of hydrogen-bond donors (Lipinski definition) is 6. The number of methoxy groups -OCH3 is 1. The largest absolute Gasteiger partial charge is 0.508 e. The van der Waals surface area contributed by atoms with Gasteiger partial charge in [0.05, 0.1) is 7.11 Å². The van der Waals surface area contributed by atoms with Gasteiger partial charge in [-0.25, -0.2) is 0 Å². The number of benzene rings is 2. The third kappa shape index (κ3) is 11.5. The summed E-state index contributed by atoms with van der Waals surface area (Å²) in [6.07, 6.45) is 0. The minimum atomic E-state index is -2.62. The molecule has 2 rings (SSSR count). The Balaban J connectivity index is 0.000000308. The van der Waals surface area contributed by atoms with Crippen molar-refractivity contribution in [3.63, 3.8) is 0 Å². The van der Waals surface area contributed by atoms with Crippen molar-refractivity contribution in [3.05, 3.63) is 48.5 Å². The van der Waals surface area contributed by atoms with Gasteiger partial charge in [-0.3, -0.25) is 0 Å². The van der Waals surface area contributed by atoms with E-state index in [1.54, 1.807) is 31.4 Å². The summed E-state index contributed by atoms with van der Waals surface area (Å²) in [7, 11) is -1.03. The molecule has 0 spiro atoms. The Kier molecular flexibility index (Phi) is 9.66. The van der Waals surface area contributed by atoms with Gasteiger partial charge in [0, 0.05) is 0 Å². The van der Waals surface area contributed by atoms with E-state index in [1.165, 1.54) is 24.3 Å². The van der Waals surface area contributed by atoms with Gasteiger partial charge in [-0.15, -0.1) is 0 Å². The monoisotopic (exact) mass is 316 g/mol. The van der Waals surface area contributed by atoms with E-state index in [0.29, 0.717) is 0 Å². The van der Waals surface area contributed by atoms with Crippen molar-refractivity contribution in [2.24, 2.45) is 0 Å². The maximum absolute atomic E-state index is 8.80. The van der Waals surface area contributed by atoms with E-state index in [4.69, 9.17) is 34.7 Å². The Hall–Kier alpha value is -2.05. The number of hydrogen-bond acceptors (Lipinski definition) is 7. The molecule has 2 aromatic rings. The Labute approximate surface area is 123 Å². The molecule has 8 heteroatoms. The molecule has 116 valence electrons. The number of ether oxygens (including phenoxy) is 1. The van der Waals surface area contributed by atoms with Crippen LogP contribution < -0.4 is 4.74 Å². The highest BCUT2D eigenvalue weighted by Gasteiger charge is 1.87. The van der Waals surface area contributed by atoms with Gasteiger partial charge in [-0.2, -0.15) is 0 Å². The standard InChI is InChI=1S/C7H8O2.C6H6O2.H3O3P/c1-9-7-4-2-6(8)3-5-7;7-5-1-2-6(8)4-3-5;1-4(2)3/h2-5,8H,1H3;1-4,7-8H;1-3H. The van der Waals surface area contributed by atoms with Crippen LogP contribution in [0.1, 0.15) is 0 Å². The third-order valence-corrected chi connectivity index (χ3v) is 1.92. The third-order valence-electron chi connectivity index (χ3n) is 1.92. The van der Waals surface area contributed by atoms with E-state index in [1.807, 2.05) is 0 Å². The van der Waals surface area contributed by atoms with Crippen LogP contribution >= 0.6 is 8.60 Å². The molecule has 0 bridgehead atoms. The van der Waals surface area contributed by atoms with Crippen LogP contribution in [-0.4, -0.2) is 37.1 Å². The average molecular weight is 316 g/mol. The van der Waals surface area contributed by atoms with Crippen molar-refractivity contribution in [1.29, 1.82) is 0 Å². The van der Waals surface area contributed by atoms with Crippen LogP contribution in [0.25, 0.3) is 0 Å². The van der Waals surface area contributed by atoms with E-state index < -0.39 is 8.60 Å². The lowest BCUT2D eigenvalue weighted by atomic mass is 10.3. The lowest BCUT2D eigenvalue weighted by molar-refractivity contribution is 0.368. The van der Waals surface area contributed by atoms with Crippen LogP contribution in [0.5, 0.6) is 23.0 Å². The second kappa shape index (κ2) is 10.7. The second-order valence-corrected chi connectivity index (χ2v) is 4.02. The van der Waals surface area contributed by atoms with Crippen LogP contribution in [0.2, 0.25) is 0 Å². The molecule has 21 heavy (non-hydrogen) atoms. The van der Waals surface area contributed by atoms with E-state index in [2.05, 4.69) is 0 Å². The molecule has 2 aromatic carbocycles. The zero-order valence-electron chi connectivity index (χ0n) is 11.2. The molecule has 0 amide bonds. The van der Waals surface area contributed by atoms with Crippen molar-refractivity contribution in [3.8, 4) is 23.0 Å². The smallest absolute Gasteiger partial charge is 0.324 e. The Morgan fingerprint density at radius 3 is 1.14 bits per heavy atom. The summed E-state index contributed by atoms with van der Waals surface area (Å²) in [5.74, 6) is 1.36. The summed E-state index contributed by atoms with van der Waals surface area (Å²) < 4.78 is 4.86. The molecule has 0 atom stereocenters. The molecule has 0 aliphatic carbocycles. The zero-order valence-corrected chi connectivity index (χ0v) is 12.1. The first-order valence-electron chi connectivity index (χ1n) is 5.53. The highest BCUT2D eigenvalue weighted by molar-refractivity contribution is 7.38. The summed E-state index contributed by atoms with van der Waals surface area (Å²) in [4.78, 5) is 21.7. The minimum Gasteiger partial charge on any atom is -0.508 e. The van der Waals surface area contributed by atoms with Gasteiger partial charge >= 0.3 is 8.60 Å².